The van der Waals surface area contributed by atoms with Crippen LogP contribution in [0.2, 0.25) is 0 Å². The number of carbonyl (C=O) groups excluding carboxylic acids is 1. The van der Waals surface area contributed by atoms with Gasteiger partial charge in [0, 0.05) is 18.8 Å². The number of amides is 1. The summed E-state index contributed by atoms with van der Waals surface area (Å²) in [5, 5.41) is 4.09. The third-order valence-electron chi connectivity index (χ3n) is 4.84. The second-order valence-corrected chi connectivity index (χ2v) is 6.39. The highest BCUT2D eigenvalue weighted by atomic mass is 19.1. The Hall–Kier alpha value is -2.76. The monoisotopic (exact) mass is 338 g/mol. The highest BCUT2D eigenvalue weighted by Crippen LogP contribution is 2.24. The van der Waals surface area contributed by atoms with Crippen LogP contribution in [0.25, 0.3) is 5.65 Å². The summed E-state index contributed by atoms with van der Waals surface area (Å²) in [7, 11) is 0. The lowest BCUT2D eigenvalue weighted by Gasteiger charge is -2.36. The molecule has 1 aromatic carbocycles. The van der Waals surface area contributed by atoms with Gasteiger partial charge < -0.3 is 4.90 Å². The van der Waals surface area contributed by atoms with E-state index in [1.165, 1.54) is 12.4 Å². The maximum atomic E-state index is 14.0. The fourth-order valence-corrected chi connectivity index (χ4v) is 3.57. The molecule has 1 atom stereocenters. The van der Waals surface area contributed by atoms with Gasteiger partial charge in [0.15, 0.2) is 5.65 Å². The quantitative estimate of drug-likeness (QED) is 0.737. The minimum absolute atomic E-state index is 0.00123. The van der Waals surface area contributed by atoms with Gasteiger partial charge in [0.1, 0.15) is 12.1 Å². The van der Waals surface area contributed by atoms with E-state index in [0.717, 1.165) is 19.3 Å². The first-order chi connectivity index (χ1) is 12.2. The van der Waals surface area contributed by atoms with E-state index >= 15 is 0 Å². The molecule has 0 N–H and O–H groups in total. The van der Waals surface area contributed by atoms with Crippen LogP contribution in [0.3, 0.4) is 0 Å². The summed E-state index contributed by atoms with van der Waals surface area (Å²) < 4.78 is 15.6. The van der Waals surface area contributed by atoms with Gasteiger partial charge in [-0.3, -0.25) is 4.79 Å². The number of nitrogens with zero attached hydrogens (tertiary/aromatic N) is 4. The van der Waals surface area contributed by atoms with Crippen LogP contribution in [0.15, 0.2) is 48.9 Å². The molecular formula is C19H19FN4O. The largest absolute Gasteiger partial charge is 0.335 e. The molecule has 3 aromatic rings. The van der Waals surface area contributed by atoms with E-state index in [1.807, 2.05) is 11.0 Å². The van der Waals surface area contributed by atoms with Crippen molar-refractivity contribution in [2.24, 2.45) is 0 Å². The number of carbonyl (C=O) groups is 1. The molecule has 1 saturated heterocycles. The Bertz CT molecular complexity index is 907. The first-order valence-corrected chi connectivity index (χ1v) is 8.57. The van der Waals surface area contributed by atoms with Gasteiger partial charge in [-0.1, -0.05) is 18.2 Å². The highest BCUT2D eigenvalue weighted by Gasteiger charge is 2.29. The predicted molar refractivity (Wildman–Crippen MR) is 91.8 cm³/mol. The molecule has 1 aliphatic rings. The first-order valence-electron chi connectivity index (χ1n) is 8.57. The van der Waals surface area contributed by atoms with Gasteiger partial charge in [0.2, 0.25) is 0 Å². The van der Waals surface area contributed by atoms with Gasteiger partial charge >= 0.3 is 0 Å². The zero-order valence-electron chi connectivity index (χ0n) is 13.8. The van der Waals surface area contributed by atoms with Crippen LogP contribution in [0.1, 0.15) is 35.2 Å². The number of benzene rings is 1. The Balaban J connectivity index is 1.63. The van der Waals surface area contributed by atoms with Crippen molar-refractivity contribution < 1.29 is 9.18 Å². The normalized spacial score (nSPS) is 17.8. The molecule has 1 amide bonds. The molecule has 0 bridgehead atoms. The smallest absolute Gasteiger partial charge is 0.257 e. The van der Waals surface area contributed by atoms with Crippen molar-refractivity contribution in [2.45, 2.75) is 31.7 Å². The molecule has 5 nitrogen and oxygen atoms in total. The summed E-state index contributed by atoms with van der Waals surface area (Å²) in [5.41, 5.74) is 1.76. The number of likely N-dealkylation sites (tertiary alicyclic amines) is 1. The van der Waals surface area contributed by atoms with Crippen molar-refractivity contribution in [1.29, 1.82) is 0 Å². The third kappa shape index (κ3) is 2.99. The summed E-state index contributed by atoms with van der Waals surface area (Å²) in [6, 6.07) is 10.4. The number of rotatable bonds is 3. The fraction of sp³-hybridized carbons (Fsp3) is 0.316. The SMILES string of the molecule is O=C(c1cccn2ncnc12)N1CCCCC1Cc1ccccc1F. The minimum Gasteiger partial charge on any atom is -0.335 e. The van der Waals surface area contributed by atoms with Crippen LogP contribution in [0.4, 0.5) is 4.39 Å². The van der Waals surface area contributed by atoms with Crippen molar-refractivity contribution in [1.82, 2.24) is 19.5 Å². The van der Waals surface area contributed by atoms with Crippen LogP contribution in [0.5, 0.6) is 0 Å². The summed E-state index contributed by atoms with van der Waals surface area (Å²) >= 11 is 0. The lowest BCUT2D eigenvalue weighted by molar-refractivity contribution is 0.0613. The summed E-state index contributed by atoms with van der Waals surface area (Å²) in [6.07, 6.45) is 6.66. The van der Waals surface area contributed by atoms with Crippen LogP contribution in [-0.2, 0) is 6.42 Å². The second kappa shape index (κ2) is 6.63. The molecular weight excluding hydrogens is 319 g/mol. The molecule has 25 heavy (non-hydrogen) atoms. The maximum absolute atomic E-state index is 14.0. The summed E-state index contributed by atoms with van der Waals surface area (Å²) in [4.78, 5) is 19.2. The Morgan fingerprint density at radius 1 is 1.20 bits per heavy atom. The van der Waals surface area contributed by atoms with Crippen molar-refractivity contribution in [3.8, 4) is 0 Å². The average molecular weight is 338 g/mol. The number of aromatic nitrogens is 3. The van der Waals surface area contributed by atoms with Gasteiger partial charge in [-0.2, -0.15) is 5.10 Å². The number of piperidine rings is 1. The molecule has 1 aliphatic heterocycles. The lowest BCUT2D eigenvalue weighted by atomic mass is 9.94. The highest BCUT2D eigenvalue weighted by molar-refractivity contribution is 5.99. The molecule has 1 unspecified atom stereocenters. The van der Waals surface area contributed by atoms with E-state index in [2.05, 4.69) is 10.1 Å². The van der Waals surface area contributed by atoms with Crippen molar-refractivity contribution >= 4 is 11.6 Å². The first kappa shape index (κ1) is 15.7. The molecule has 0 aliphatic carbocycles. The van der Waals surface area contributed by atoms with Crippen LogP contribution < -0.4 is 0 Å². The zero-order chi connectivity index (χ0) is 17.2. The maximum Gasteiger partial charge on any atom is 0.257 e. The van der Waals surface area contributed by atoms with Crippen LogP contribution in [0, 0.1) is 5.82 Å². The molecule has 2 aromatic heterocycles. The summed E-state index contributed by atoms with van der Waals surface area (Å²) in [5.74, 6) is -0.264. The van der Waals surface area contributed by atoms with Gasteiger partial charge in [0.25, 0.3) is 5.91 Å². The van der Waals surface area contributed by atoms with Crippen molar-refractivity contribution in [3.05, 3.63) is 65.9 Å². The van der Waals surface area contributed by atoms with E-state index in [9.17, 15) is 9.18 Å². The number of hydrogen-bond donors (Lipinski definition) is 0. The lowest BCUT2D eigenvalue weighted by Crippen LogP contribution is -2.45. The molecule has 0 saturated carbocycles. The van der Waals surface area contributed by atoms with E-state index in [0.29, 0.717) is 29.7 Å². The zero-order valence-corrected chi connectivity index (χ0v) is 13.8. The van der Waals surface area contributed by atoms with E-state index < -0.39 is 0 Å². The molecule has 0 spiro atoms. The molecule has 1 fully saturated rings. The molecule has 3 heterocycles. The van der Waals surface area contributed by atoms with Gasteiger partial charge in [-0.15, -0.1) is 0 Å². The number of hydrogen-bond acceptors (Lipinski definition) is 3. The van der Waals surface area contributed by atoms with E-state index in [1.54, 1.807) is 35.0 Å². The summed E-state index contributed by atoms with van der Waals surface area (Å²) in [6.45, 7) is 0.688. The van der Waals surface area contributed by atoms with Crippen LogP contribution in [-0.4, -0.2) is 38.0 Å². The molecule has 6 heteroatoms. The van der Waals surface area contributed by atoms with Gasteiger partial charge in [0.05, 0.1) is 5.56 Å². The third-order valence-corrected chi connectivity index (χ3v) is 4.84. The number of fused-ring (bicyclic) bond motifs is 1. The van der Waals surface area contributed by atoms with Crippen molar-refractivity contribution in [3.63, 3.8) is 0 Å². The fourth-order valence-electron chi connectivity index (χ4n) is 3.57. The standard InChI is InChI=1S/C19H19FN4O/c20-17-9-2-1-6-14(17)12-15-7-3-4-10-23(15)19(25)16-8-5-11-24-18(16)21-13-22-24/h1-2,5-6,8-9,11,13,15H,3-4,7,10,12H2. The topological polar surface area (TPSA) is 50.5 Å². The van der Waals surface area contributed by atoms with Gasteiger partial charge in [-0.05, 0) is 49.4 Å². The van der Waals surface area contributed by atoms with Crippen LogP contribution >= 0.6 is 0 Å². The molecule has 128 valence electrons. The number of halogens is 1. The predicted octanol–water partition coefficient (Wildman–Crippen LogP) is 3.11. The van der Waals surface area contributed by atoms with Crippen molar-refractivity contribution in [2.75, 3.05) is 6.54 Å². The molecule has 4 rings (SSSR count). The Labute approximate surface area is 145 Å². The Kier molecular flexibility index (Phi) is 4.17. The second-order valence-electron chi connectivity index (χ2n) is 6.39. The minimum atomic E-state index is -0.208. The number of pyridine rings is 1. The van der Waals surface area contributed by atoms with Gasteiger partial charge in [-0.25, -0.2) is 13.9 Å². The Morgan fingerprint density at radius 3 is 2.96 bits per heavy atom. The molecule has 0 radical (unpaired) electrons. The average Bonchev–Trinajstić information content (AvgIpc) is 3.12. The van der Waals surface area contributed by atoms with E-state index in [-0.39, 0.29) is 17.8 Å². The van der Waals surface area contributed by atoms with E-state index in [4.69, 9.17) is 0 Å². The Morgan fingerprint density at radius 2 is 2.08 bits per heavy atom.